The molecule has 27 heavy (non-hydrogen) atoms. The fraction of sp³-hybridized carbons (Fsp3) is 0.619. The highest BCUT2D eigenvalue weighted by Crippen LogP contribution is 2.29. The monoisotopic (exact) mass is 373 g/mol. The van der Waals surface area contributed by atoms with Gasteiger partial charge in [-0.3, -0.25) is 4.79 Å². The molecule has 2 aliphatic heterocycles. The van der Waals surface area contributed by atoms with E-state index in [-0.39, 0.29) is 11.9 Å². The number of carbonyl (C=O) groups excluding carboxylic acids is 2. The maximum Gasteiger partial charge on any atom is 0.320 e. The van der Waals surface area contributed by atoms with Gasteiger partial charge in [0.1, 0.15) is 0 Å². The Morgan fingerprint density at radius 1 is 1.07 bits per heavy atom. The van der Waals surface area contributed by atoms with Crippen LogP contribution in [0.25, 0.3) is 0 Å². The highest BCUT2D eigenvalue weighted by atomic mass is 16.5. The number of nitrogens with zero attached hydrogens (tertiary/aromatic N) is 2. The summed E-state index contributed by atoms with van der Waals surface area (Å²) in [5.74, 6) is 0.834. The molecule has 6 nitrogen and oxygen atoms in total. The van der Waals surface area contributed by atoms with Crippen molar-refractivity contribution in [3.05, 3.63) is 35.9 Å². The lowest BCUT2D eigenvalue weighted by atomic mass is 9.81. The van der Waals surface area contributed by atoms with E-state index in [0.717, 1.165) is 31.5 Å². The van der Waals surface area contributed by atoms with Crippen LogP contribution in [0.3, 0.4) is 0 Å². The fourth-order valence-corrected chi connectivity index (χ4v) is 4.05. The zero-order valence-corrected chi connectivity index (χ0v) is 16.2. The molecule has 1 aromatic rings. The van der Waals surface area contributed by atoms with Gasteiger partial charge in [-0.2, -0.15) is 0 Å². The van der Waals surface area contributed by atoms with E-state index < -0.39 is 0 Å². The van der Waals surface area contributed by atoms with Crippen LogP contribution in [0.1, 0.15) is 31.7 Å². The van der Waals surface area contributed by atoms with E-state index in [0.29, 0.717) is 51.1 Å². The summed E-state index contributed by atoms with van der Waals surface area (Å²) in [6.07, 6.45) is 2.43. The molecule has 2 fully saturated rings. The Bertz CT molecular complexity index is 616. The molecule has 2 heterocycles. The van der Waals surface area contributed by atoms with Crippen LogP contribution in [0.2, 0.25) is 0 Å². The number of urea groups is 1. The molecule has 0 aromatic heterocycles. The lowest BCUT2D eigenvalue weighted by Crippen LogP contribution is -2.52. The third kappa shape index (κ3) is 5.45. The molecular formula is C21H31N3O3. The van der Waals surface area contributed by atoms with E-state index in [4.69, 9.17) is 4.74 Å². The van der Waals surface area contributed by atoms with Gasteiger partial charge in [0, 0.05) is 39.1 Å². The summed E-state index contributed by atoms with van der Waals surface area (Å²) in [5, 5.41) is 3.03. The zero-order valence-electron chi connectivity index (χ0n) is 16.2. The average molecular weight is 373 g/mol. The van der Waals surface area contributed by atoms with Gasteiger partial charge in [0.25, 0.3) is 0 Å². The molecule has 148 valence electrons. The fourth-order valence-electron chi connectivity index (χ4n) is 4.05. The summed E-state index contributed by atoms with van der Waals surface area (Å²) in [6.45, 7) is 6.83. The largest absolute Gasteiger partial charge is 0.378 e. The number of hydrogen-bond donors (Lipinski definition) is 1. The van der Waals surface area contributed by atoms with Crippen LogP contribution in [0.5, 0.6) is 0 Å². The van der Waals surface area contributed by atoms with Crippen LogP contribution in [0.15, 0.2) is 30.3 Å². The molecule has 3 rings (SSSR count). The first-order chi connectivity index (χ1) is 13.2. The molecule has 1 aromatic carbocycles. The van der Waals surface area contributed by atoms with E-state index in [1.54, 1.807) is 0 Å². The summed E-state index contributed by atoms with van der Waals surface area (Å²) in [5.41, 5.74) is 1.11. The second-order valence-electron chi connectivity index (χ2n) is 7.51. The first kappa shape index (κ1) is 19.7. The molecule has 6 heteroatoms. The van der Waals surface area contributed by atoms with Crippen LogP contribution >= 0.6 is 0 Å². The summed E-state index contributed by atoms with van der Waals surface area (Å²) >= 11 is 0. The van der Waals surface area contributed by atoms with E-state index in [1.807, 2.05) is 40.1 Å². The number of morpholine rings is 1. The highest BCUT2D eigenvalue weighted by Gasteiger charge is 2.33. The van der Waals surface area contributed by atoms with Crippen LogP contribution in [-0.4, -0.2) is 61.1 Å². The van der Waals surface area contributed by atoms with Crippen LogP contribution < -0.4 is 5.32 Å². The molecule has 2 atom stereocenters. The maximum absolute atomic E-state index is 12.7. The Balaban J connectivity index is 1.47. The number of ether oxygens (including phenoxy) is 1. The number of benzene rings is 1. The minimum Gasteiger partial charge on any atom is -0.378 e. The predicted octanol–water partition coefficient (Wildman–Crippen LogP) is 2.49. The lowest BCUT2D eigenvalue weighted by molar-refractivity contribution is -0.123. The van der Waals surface area contributed by atoms with Gasteiger partial charge >= 0.3 is 6.03 Å². The third-order valence-corrected chi connectivity index (χ3v) is 5.75. The Hall–Kier alpha value is -2.08. The van der Waals surface area contributed by atoms with E-state index in [2.05, 4.69) is 12.2 Å². The summed E-state index contributed by atoms with van der Waals surface area (Å²) < 4.78 is 5.34. The number of hydrogen-bond acceptors (Lipinski definition) is 3. The van der Waals surface area contributed by atoms with Crippen molar-refractivity contribution in [2.24, 2.45) is 11.8 Å². The molecule has 0 saturated carbocycles. The van der Waals surface area contributed by atoms with Crippen molar-refractivity contribution in [1.82, 2.24) is 15.1 Å². The van der Waals surface area contributed by atoms with Gasteiger partial charge in [-0.1, -0.05) is 43.7 Å². The highest BCUT2D eigenvalue weighted by molar-refractivity contribution is 5.76. The second-order valence-corrected chi connectivity index (χ2v) is 7.51. The van der Waals surface area contributed by atoms with Crippen molar-refractivity contribution in [2.75, 3.05) is 39.4 Å². The average Bonchev–Trinajstić information content (AvgIpc) is 2.73. The number of nitrogens with one attached hydrogen (secondary N) is 1. The topological polar surface area (TPSA) is 61.9 Å². The van der Waals surface area contributed by atoms with E-state index in [1.165, 1.54) is 0 Å². The first-order valence-electron chi connectivity index (χ1n) is 10.1. The molecular weight excluding hydrogens is 342 g/mol. The molecule has 0 bridgehead atoms. The third-order valence-electron chi connectivity index (χ3n) is 5.75. The van der Waals surface area contributed by atoms with E-state index >= 15 is 0 Å². The van der Waals surface area contributed by atoms with Crippen molar-refractivity contribution in [2.45, 2.75) is 32.7 Å². The van der Waals surface area contributed by atoms with Crippen molar-refractivity contribution in [3.63, 3.8) is 0 Å². The summed E-state index contributed by atoms with van der Waals surface area (Å²) in [6, 6.07) is 10.1. The quantitative estimate of drug-likeness (QED) is 0.863. The Morgan fingerprint density at radius 2 is 1.81 bits per heavy atom. The molecule has 3 amide bonds. The van der Waals surface area contributed by atoms with Gasteiger partial charge < -0.3 is 19.9 Å². The van der Waals surface area contributed by atoms with E-state index in [9.17, 15) is 9.59 Å². The van der Waals surface area contributed by atoms with Crippen molar-refractivity contribution in [3.8, 4) is 0 Å². The summed E-state index contributed by atoms with van der Waals surface area (Å²) in [7, 11) is 0. The maximum atomic E-state index is 12.7. The molecule has 0 radical (unpaired) electrons. The van der Waals surface area contributed by atoms with Crippen LogP contribution in [-0.2, 0) is 16.1 Å². The molecule has 0 aliphatic carbocycles. The molecule has 2 aliphatic rings. The van der Waals surface area contributed by atoms with Gasteiger partial charge in [0.2, 0.25) is 5.91 Å². The number of amides is 3. The normalized spacial score (nSPS) is 23.1. The standard InChI is InChI=1S/C21H31N3O3/c1-2-18-16-24(21(26)23-10-12-27-13-11-23)9-8-19(18)14-20(25)22-15-17-6-4-3-5-7-17/h3-7,18-19H,2,8-16H2,1H3,(H,22,25)/t18-,19-/m0/s1. The second kappa shape index (κ2) is 9.74. The Kier molecular flexibility index (Phi) is 7.10. The Morgan fingerprint density at radius 3 is 2.52 bits per heavy atom. The van der Waals surface area contributed by atoms with Crippen molar-refractivity contribution < 1.29 is 14.3 Å². The van der Waals surface area contributed by atoms with Crippen LogP contribution in [0.4, 0.5) is 4.79 Å². The predicted molar refractivity (Wildman–Crippen MR) is 104 cm³/mol. The minimum absolute atomic E-state index is 0.107. The number of carbonyl (C=O) groups is 2. The minimum atomic E-state index is 0.107. The number of piperidine rings is 1. The first-order valence-corrected chi connectivity index (χ1v) is 10.1. The van der Waals surface area contributed by atoms with Gasteiger partial charge in [-0.25, -0.2) is 4.79 Å². The van der Waals surface area contributed by atoms with Crippen molar-refractivity contribution >= 4 is 11.9 Å². The smallest absolute Gasteiger partial charge is 0.320 e. The van der Waals surface area contributed by atoms with Crippen LogP contribution in [0, 0.1) is 11.8 Å². The van der Waals surface area contributed by atoms with Gasteiger partial charge in [-0.05, 0) is 23.8 Å². The Labute approximate surface area is 161 Å². The van der Waals surface area contributed by atoms with Gasteiger partial charge in [0.15, 0.2) is 0 Å². The van der Waals surface area contributed by atoms with Gasteiger partial charge in [-0.15, -0.1) is 0 Å². The van der Waals surface area contributed by atoms with Gasteiger partial charge in [0.05, 0.1) is 13.2 Å². The summed E-state index contributed by atoms with van der Waals surface area (Å²) in [4.78, 5) is 29.0. The number of likely N-dealkylation sites (tertiary alicyclic amines) is 1. The van der Waals surface area contributed by atoms with Crippen molar-refractivity contribution in [1.29, 1.82) is 0 Å². The SMILES string of the molecule is CC[C@H]1CN(C(=O)N2CCOCC2)CC[C@H]1CC(=O)NCc1ccccc1. The molecule has 0 spiro atoms. The lowest BCUT2D eigenvalue weighted by Gasteiger charge is -2.41. The molecule has 1 N–H and O–H groups in total. The molecule has 2 saturated heterocycles. The zero-order chi connectivity index (χ0) is 19.1. The molecule has 0 unspecified atom stereocenters. The number of rotatable bonds is 5.